The molecule has 4 aromatic rings. The van der Waals surface area contributed by atoms with Gasteiger partial charge in [-0.2, -0.15) is 0 Å². The number of hydrogen-bond donors (Lipinski definition) is 0. The smallest absolute Gasteiger partial charge is 0.135 e. The van der Waals surface area contributed by atoms with Gasteiger partial charge in [0.2, 0.25) is 0 Å². The first kappa shape index (κ1) is 30.7. The topological polar surface area (TPSA) is 22.1 Å². The van der Waals surface area contributed by atoms with Crippen molar-refractivity contribution in [2.45, 2.75) is 90.5 Å². The predicted molar refractivity (Wildman–Crippen MR) is 183 cm³/mol. The number of pyridine rings is 1. The summed E-state index contributed by atoms with van der Waals surface area (Å²) in [6.45, 7) is 21.9. The standard InChI is InChI=1S/C41H51N2O/c1-8-31-27-43(26-29-13-17-33(18-14-29)40(2,3)4)24-22-32(31)25-38(43)39(36-21-23-42-37-12-10-9-11-35(36)37)44-28-30-15-19-34(20-16-30)41(5,6)7/h8-21,23,31-32,38-39H,1,22,24-28H2,2-7H3/q+1/t31-,32-,38-,39+,43?/m0/s1. The van der Waals surface area contributed by atoms with Crippen LogP contribution in [0.15, 0.2) is 97.7 Å². The van der Waals surface area contributed by atoms with E-state index < -0.39 is 0 Å². The molecule has 3 heteroatoms. The van der Waals surface area contributed by atoms with E-state index in [9.17, 15) is 0 Å². The van der Waals surface area contributed by atoms with Crippen LogP contribution >= 0.6 is 0 Å². The Kier molecular flexibility index (Phi) is 8.32. The van der Waals surface area contributed by atoms with Gasteiger partial charge in [-0.3, -0.25) is 4.98 Å². The summed E-state index contributed by atoms with van der Waals surface area (Å²) in [6.07, 6.45) is 6.59. The van der Waals surface area contributed by atoms with Gasteiger partial charge < -0.3 is 9.22 Å². The molecule has 0 radical (unpaired) electrons. The highest BCUT2D eigenvalue weighted by Gasteiger charge is 2.54. The third-order valence-corrected chi connectivity index (χ3v) is 10.6. The molecule has 2 bridgehead atoms. The fourth-order valence-corrected chi connectivity index (χ4v) is 7.90. The summed E-state index contributed by atoms with van der Waals surface area (Å²) in [5.41, 5.74) is 7.99. The van der Waals surface area contributed by atoms with E-state index in [-0.39, 0.29) is 16.9 Å². The normalized spacial score (nSPS) is 24.4. The summed E-state index contributed by atoms with van der Waals surface area (Å²) in [6, 6.07) is 29.6. The van der Waals surface area contributed by atoms with Gasteiger partial charge in [-0.1, -0.05) is 114 Å². The second-order valence-corrected chi connectivity index (χ2v) is 15.6. The van der Waals surface area contributed by atoms with Crippen LogP contribution in [0.5, 0.6) is 0 Å². The second-order valence-electron chi connectivity index (χ2n) is 15.6. The Balaban J connectivity index is 1.39. The fourth-order valence-electron chi connectivity index (χ4n) is 7.90. The van der Waals surface area contributed by atoms with Crippen molar-refractivity contribution in [3.05, 3.63) is 126 Å². The van der Waals surface area contributed by atoms with E-state index in [1.165, 1.54) is 46.2 Å². The number of piperidine rings is 3. The number of para-hydroxylation sites is 1. The minimum atomic E-state index is -0.0346. The zero-order valence-corrected chi connectivity index (χ0v) is 27.7. The van der Waals surface area contributed by atoms with Gasteiger partial charge in [0, 0.05) is 35.9 Å². The molecule has 0 spiro atoms. The number of ether oxygens (including phenoxy) is 1. The Morgan fingerprint density at radius 1 is 0.864 bits per heavy atom. The summed E-state index contributed by atoms with van der Waals surface area (Å²) >= 11 is 0. The number of nitrogens with zero attached hydrogens (tertiary/aromatic N) is 2. The maximum absolute atomic E-state index is 7.17. The van der Waals surface area contributed by atoms with Crippen LogP contribution in [0.25, 0.3) is 10.9 Å². The van der Waals surface area contributed by atoms with E-state index in [1.807, 2.05) is 6.20 Å². The molecule has 0 amide bonds. The molecule has 3 aliphatic rings. The first-order valence-electron chi connectivity index (χ1n) is 16.6. The second kappa shape index (κ2) is 11.9. The van der Waals surface area contributed by atoms with Gasteiger partial charge in [0.05, 0.1) is 25.2 Å². The van der Waals surface area contributed by atoms with Crippen LogP contribution in [-0.4, -0.2) is 28.6 Å². The van der Waals surface area contributed by atoms with Gasteiger partial charge in [-0.15, -0.1) is 6.58 Å². The molecule has 5 atom stereocenters. The van der Waals surface area contributed by atoms with Crippen LogP contribution in [0, 0.1) is 11.8 Å². The Morgan fingerprint density at radius 2 is 1.50 bits per heavy atom. The molecule has 3 nitrogen and oxygen atoms in total. The van der Waals surface area contributed by atoms with Crippen LogP contribution in [0.1, 0.15) is 88.3 Å². The van der Waals surface area contributed by atoms with Gasteiger partial charge in [0.15, 0.2) is 0 Å². The summed E-state index contributed by atoms with van der Waals surface area (Å²) in [4.78, 5) is 4.73. The Labute approximate surface area is 265 Å². The molecular weight excluding hydrogens is 536 g/mol. The molecular formula is C41H51N2O+. The zero-order valence-electron chi connectivity index (χ0n) is 27.7. The quantitative estimate of drug-likeness (QED) is 0.151. The highest BCUT2D eigenvalue weighted by molar-refractivity contribution is 5.82. The van der Waals surface area contributed by atoms with E-state index in [1.54, 1.807) is 0 Å². The predicted octanol–water partition coefficient (Wildman–Crippen LogP) is 9.70. The number of rotatable bonds is 8. The molecule has 44 heavy (non-hydrogen) atoms. The maximum atomic E-state index is 7.17. The van der Waals surface area contributed by atoms with Crippen molar-refractivity contribution in [3.8, 4) is 0 Å². The Morgan fingerprint density at radius 3 is 2.14 bits per heavy atom. The third kappa shape index (κ3) is 6.14. The molecule has 1 unspecified atom stereocenters. The number of quaternary nitrogens is 1. The molecule has 3 saturated heterocycles. The first-order valence-corrected chi connectivity index (χ1v) is 16.6. The maximum Gasteiger partial charge on any atom is 0.135 e. The molecule has 0 aliphatic carbocycles. The van der Waals surface area contributed by atoms with Crippen LogP contribution in [0.2, 0.25) is 0 Å². The van der Waals surface area contributed by atoms with Crippen molar-refractivity contribution in [2.24, 2.45) is 11.8 Å². The molecule has 7 rings (SSSR count). The molecule has 3 aromatic carbocycles. The number of aromatic nitrogens is 1. The Bertz CT molecular complexity index is 1590. The molecule has 4 heterocycles. The third-order valence-electron chi connectivity index (χ3n) is 10.6. The van der Waals surface area contributed by atoms with Crippen molar-refractivity contribution in [3.63, 3.8) is 0 Å². The van der Waals surface area contributed by atoms with Crippen LogP contribution in [-0.2, 0) is 28.7 Å². The van der Waals surface area contributed by atoms with Crippen molar-refractivity contribution in [1.82, 2.24) is 4.98 Å². The van der Waals surface area contributed by atoms with Gasteiger partial charge in [-0.25, -0.2) is 0 Å². The average Bonchev–Trinajstić information content (AvgIpc) is 3.01. The lowest BCUT2D eigenvalue weighted by atomic mass is 9.71. The van der Waals surface area contributed by atoms with E-state index in [0.717, 1.165) is 29.5 Å². The lowest BCUT2D eigenvalue weighted by Crippen LogP contribution is -2.67. The number of hydrogen-bond acceptors (Lipinski definition) is 2. The summed E-state index contributed by atoms with van der Waals surface area (Å²) < 4.78 is 8.21. The number of benzene rings is 3. The Hall–Kier alpha value is -3.27. The van der Waals surface area contributed by atoms with Gasteiger partial charge in [0.25, 0.3) is 0 Å². The van der Waals surface area contributed by atoms with Crippen molar-refractivity contribution < 1.29 is 9.22 Å². The number of fused-ring (bicyclic) bond motifs is 4. The summed E-state index contributed by atoms with van der Waals surface area (Å²) in [5, 5.41) is 1.21. The van der Waals surface area contributed by atoms with Crippen molar-refractivity contribution >= 4 is 10.9 Å². The highest BCUT2D eigenvalue weighted by atomic mass is 16.5. The molecule has 0 N–H and O–H groups in total. The van der Waals surface area contributed by atoms with Crippen LogP contribution in [0.4, 0.5) is 0 Å². The lowest BCUT2D eigenvalue weighted by molar-refractivity contribution is -0.985. The van der Waals surface area contributed by atoms with E-state index in [4.69, 9.17) is 9.72 Å². The van der Waals surface area contributed by atoms with E-state index in [2.05, 4.69) is 133 Å². The molecule has 0 saturated carbocycles. The van der Waals surface area contributed by atoms with E-state index in [0.29, 0.717) is 24.5 Å². The molecule has 3 fully saturated rings. The summed E-state index contributed by atoms with van der Waals surface area (Å²) in [7, 11) is 0. The minimum absolute atomic E-state index is 0.0346. The van der Waals surface area contributed by atoms with Gasteiger partial charge in [-0.05, 0) is 51.1 Å². The van der Waals surface area contributed by atoms with Gasteiger partial charge in [0.1, 0.15) is 18.7 Å². The zero-order chi connectivity index (χ0) is 31.1. The SMILES string of the molecule is C=C[C@H]1C[N+]2(Cc3ccc(C(C)(C)C)cc3)CC[C@H]1C[C@H]2[C@H](OCc1ccc(C(C)(C)C)cc1)c1ccnc2ccccc12. The van der Waals surface area contributed by atoms with Gasteiger partial charge >= 0.3 is 0 Å². The van der Waals surface area contributed by atoms with E-state index >= 15 is 0 Å². The molecule has 1 aromatic heterocycles. The lowest BCUT2D eigenvalue weighted by Gasteiger charge is -2.58. The summed E-state index contributed by atoms with van der Waals surface area (Å²) in [5.74, 6) is 1.21. The fraction of sp³-hybridized carbons (Fsp3) is 0.439. The highest BCUT2D eigenvalue weighted by Crippen LogP contribution is 2.49. The van der Waals surface area contributed by atoms with Crippen LogP contribution in [0.3, 0.4) is 0 Å². The largest absolute Gasteiger partial charge is 0.363 e. The minimum Gasteiger partial charge on any atom is -0.363 e. The molecule has 230 valence electrons. The average molecular weight is 588 g/mol. The molecule has 3 aliphatic heterocycles. The van der Waals surface area contributed by atoms with Crippen LogP contribution < -0.4 is 0 Å². The first-order chi connectivity index (χ1) is 21.0. The van der Waals surface area contributed by atoms with Crippen molar-refractivity contribution in [1.29, 1.82) is 0 Å². The monoisotopic (exact) mass is 587 g/mol. The van der Waals surface area contributed by atoms with Crippen molar-refractivity contribution in [2.75, 3.05) is 13.1 Å².